The lowest BCUT2D eigenvalue weighted by Gasteiger charge is -2.35. The van der Waals surface area contributed by atoms with Gasteiger partial charge in [-0.3, -0.25) is 0 Å². The van der Waals surface area contributed by atoms with Gasteiger partial charge in [-0.15, -0.1) is 0 Å². The Kier molecular flexibility index (Phi) is 3.50. The Morgan fingerprint density at radius 1 is 1.19 bits per heavy atom. The second-order valence-electron chi connectivity index (χ2n) is 7.89. The highest BCUT2D eigenvalue weighted by atomic mass is 16.4. The first-order valence-electron chi connectivity index (χ1n) is 9.50. The van der Waals surface area contributed by atoms with Gasteiger partial charge >= 0.3 is 5.97 Å². The van der Waals surface area contributed by atoms with Crippen LogP contribution in [0.2, 0.25) is 0 Å². The van der Waals surface area contributed by atoms with Gasteiger partial charge in [0.05, 0.1) is 22.5 Å². The number of hydrogen-bond acceptors (Lipinski definition) is 4. The molecule has 1 aliphatic heterocycles. The molecule has 1 aliphatic carbocycles. The Bertz CT molecular complexity index is 1040. The van der Waals surface area contributed by atoms with Crippen molar-refractivity contribution >= 4 is 22.7 Å². The minimum atomic E-state index is -1.00. The summed E-state index contributed by atoms with van der Waals surface area (Å²) in [6.45, 7) is 3.93. The molecule has 0 amide bonds. The van der Waals surface area contributed by atoms with Crippen LogP contribution in [0.15, 0.2) is 36.4 Å². The molecule has 1 saturated heterocycles. The van der Waals surface area contributed by atoms with Gasteiger partial charge in [0.15, 0.2) is 11.3 Å². The summed E-state index contributed by atoms with van der Waals surface area (Å²) >= 11 is 0. The first kappa shape index (κ1) is 16.3. The summed E-state index contributed by atoms with van der Waals surface area (Å²) in [5.41, 5.74) is 3.86. The number of hydrogen-bond donors (Lipinski definition) is 1. The molecule has 5 rings (SSSR count). The third kappa shape index (κ3) is 2.67. The molecule has 0 bridgehead atoms. The monoisotopic (exact) mass is 362 g/mol. The van der Waals surface area contributed by atoms with Crippen molar-refractivity contribution in [3.63, 3.8) is 0 Å². The summed E-state index contributed by atoms with van der Waals surface area (Å²) in [6.07, 6.45) is 5.00. The number of aryl methyl sites for hydroxylation is 1. The average molecular weight is 362 g/mol. The second kappa shape index (κ2) is 5.81. The normalized spacial score (nSPS) is 18.2. The maximum absolute atomic E-state index is 11.8. The zero-order chi connectivity index (χ0) is 18.6. The van der Waals surface area contributed by atoms with E-state index in [1.54, 1.807) is 10.7 Å². The van der Waals surface area contributed by atoms with Crippen molar-refractivity contribution in [2.24, 2.45) is 5.41 Å². The Morgan fingerprint density at radius 3 is 2.67 bits per heavy atom. The highest BCUT2D eigenvalue weighted by molar-refractivity contribution is 5.98. The number of anilines is 1. The lowest BCUT2D eigenvalue weighted by Crippen LogP contribution is -2.36. The highest BCUT2D eigenvalue weighted by Gasteiger charge is 2.45. The van der Waals surface area contributed by atoms with Crippen LogP contribution < -0.4 is 4.90 Å². The lowest BCUT2D eigenvalue weighted by atomic mass is 9.94. The van der Waals surface area contributed by atoms with Gasteiger partial charge in [-0.05, 0) is 56.2 Å². The molecule has 1 spiro atoms. The fourth-order valence-corrected chi connectivity index (χ4v) is 4.37. The molecule has 0 atom stereocenters. The van der Waals surface area contributed by atoms with Crippen molar-refractivity contribution in [1.82, 2.24) is 14.8 Å². The predicted octanol–water partition coefficient (Wildman–Crippen LogP) is 3.81. The number of piperidine rings is 1. The lowest BCUT2D eigenvalue weighted by molar-refractivity contribution is 0.0691. The van der Waals surface area contributed by atoms with Crippen LogP contribution in [0, 0.1) is 12.3 Å². The van der Waals surface area contributed by atoms with Crippen molar-refractivity contribution in [3.8, 4) is 5.69 Å². The second-order valence-corrected chi connectivity index (χ2v) is 7.89. The van der Waals surface area contributed by atoms with E-state index in [2.05, 4.69) is 9.88 Å². The third-order valence-electron chi connectivity index (χ3n) is 5.97. The van der Waals surface area contributed by atoms with E-state index in [1.165, 1.54) is 19.3 Å². The van der Waals surface area contributed by atoms with Crippen LogP contribution in [0.5, 0.6) is 0 Å². The molecule has 6 heteroatoms. The van der Waals surface area contributed by atoms with Gasteiger partial charge in [0, 0.05) is 13.1 Å². The zero-order valence-corrected chi connectivity index (χ0v) is 15.4. The van der Waals surface area contributed by atoms with Crippen molar-refractivity contribution < 1.29 is 9.90 Å². The summed E-state index contributed by atoms with van der Waals surface area (Å²) in [5.74, 6) is -1.00. The van der Waals surface area contributed by atoms with E-state index in [0.29, 0.717) is 11.1 Å². The highest BCUT2D eigenvalue weighted by Crippen LogP contribution is 2.53. The van der Waals surface area contributed by atoms with Gasteiger partial charge in [0.1, 0.15) is 0 Å². The Labute approximate surface area is 157 Å². The first-order chi connectivity index (χ1) is 13.1. The largest absolute Gasteiger partial charge is 0.477 e. The molecule has 0 radical (unpaired) electrons. The van der Waals surface area contributed by atoms with Crippen molar-refractivity contribution in [1.29, 1.82) is 0 Å². The summed E-state index contributed by atoms with van der Waals surface area (Å²) in [6, 6.07) is 11.5. The summed E-state index contributed by atoms with van der Waals surface area (Å²) < 4.78 is 1.76. The molecule has 1 N–H and O–H groups in total. The number of fused-ring (bicyclic) bond motifs is 1. The maximum Gasteiger partial charge on any atom is 0.354 e. The van der Waals surface area contributed by atoms with Gasteiger partial charge in [-0.1, -0.05) is 18.2 Å². The molecule has 1 aromatic carbocycles. The fraction of sp³-hybridized carbons (Fsp3) is 0.381. The van der Waals surface area contributed by atoms with E-state index in [4.69, 9.17) is 5.10 Å². The molecule has 3 heterocycles. The molecule has 2 fully saturated rings. The van der Waals surface area contributed by atoms with Gasteiger partial charge < -0.3 is 10.0 Å². The molecule has 27 heavy (non-hydrogen) atoms. The van der Waals surface area contributed by atoms with Gasteiger partial charge in [0.25, 0.3) is 0 Å². The van der Waals surface area contributed by atoms with Crippen LogP contribution in [0.25, 0.3) is 16.7 Å². The standard InChI is InChI=1S/C21H22N4O2/c1-14-18-17(24-11-5-8-21(13-24)9-10-21)12-16(20(26)27)22-19(18)25(23-14)15-6-3-2-4-7-15/h2-4,6-7,12H,5,8-11,13H2,1H3,(H,26,27). The maximum atomic E-state index is 11.8. The number of nitrogens with zero attached hydrogens (tertiary/aromatic N) is 4. The van der Waals surface area contributed by atoms with E-state index < -0.39 is 5.97 Å². The summed E-state index contributed by atoms with van der Waals surface area (Å²) in [4.78, 5) is 18.6. The average Bonchev–Trinajstić information content (AvgIpc) is 3.34. The van der Waals surface area contributed by atoms with E-state index in [0.717, 1.165) is 42.0 Å². The minimum absolute atomic E-state index is 0.0741. The molecule has 2 aromatic heterocycles. The number of aromatic carboxylic acids is 1. The van der Waals surface area contributed by atoms with Crippen LogP contribution in [0.4, 0.5) is 5.69 Å². The quantitative estimate of drug-likeness (QED) is 0.767. The van der Waals surface area contributed by atoms with Crippen molar-refractivity contribution in [2.45, 2.75) is 32.6 Å². The molecule has 138 valence electrons. The van der Waals surface area contributed by atoms with Gasteiger partial charge in [0.2, 0.25) is 0 Å². The van der Waals surface area contributed by atoms with Crippen molar-refractivity contribution in [2.75, 3.05) is 18.0 Å². The first-order valence-corrected chi connectivity index (χ1v) is 9.50. The van der Waals surface area contributed by atoms with Crippen LogP contribution in [-0.4, -0.2) is 38.9 Å². The number of para-hydroxylation sites is 1. The summed E-state index contributed by atoms with van der Waals surface area (Å²) in [5, 5.41) is 15.3. The number of pyridine rings is 1. The minimum Gasteiger partial charge on any atom is -0.477 e. The number of carboxylic acids is 1. The smallest absolute Gasteiger partial charge is 0.354 e. The van der Waals surface area contributed by atoms with E-state index >= 15 is 0 Å². The number of carbonyl (C=O) groups is 1. The number of carboxylic acid groups (broad SMARTS) is 1. The molecular formula is C21H22N4O2. The molecule has 3 aromatic rings. The molecule has 2 aliphatic rings. The Balaban J connectivity index is 1.72. The van der Waals surface area contributed by atoms with Crippen LogP contribution in [0.3, 0.4) is 0 Å². The molecule has 6 nitrogen and oxygen atoms in total. The SMILES string of the molecule is Cc1nn(-c2ccccc2)c2nc(C(=O)O)cc(N3CCCC4(CC4)C3)c12. The Hall–Kier alpha value is -2.89. The third-order valence-corrected chi connectivity index (χ3v) is 5.97. The molecular weight excluding hydrogens is 340 g/mol. The number of aromatic nitrogens is 3. The zero-order valence-electron chi connectivity index (χ0n) is 15.4. The van der Waals surface area contributed by atoms with Crippen LogP contribution in [-0.2, 0) is 0 Å². The van der Waals surface area contributed by atoms with Crippen molar-refractivity contribution in [3.05, 3.63) is 47.8 Å². The summed E-state index contributed by atoms with van der Waals surface area (Å²) in [7, 11) is 0. The van der Waals surface area contributed by atoms with Crippen LogP contribution in [0.1, 0.15) is 41.9 Å². The van der Waals surface area contributed by atoms with E-state index in [1.807, 2.05) is 37.3 Å². The van der Waals surface area contributed by atoms with E-state index in [-0.39, 0.29) is 5.69 Å². The van der Waals surface area contributed by atoms with Gasteiger partial charge in [-0.25, -0.2) is 14.5 Å². The Morgan fingerprint density at radius 2 is 1.96 bits per heavy atom. The van der Waals surface area contributed by atoms with E-state index in [9.17, 15) is 9.90 Å². The number of benzene rings is 1. The fourth-order valence-electron chi connectivity index (χ4n) is 4.37. The van der Waals surface area contributed by atoms with Gasteiger partial charge in [-0.2, -0.15) is 5.10 Å². The molecule has 0 unspecified atom stereocenters. The predicted molar refractivity (Wildman–Crippen MR) is 104 cm³/mol. The topological polar surface area (TPSA) is 71.2 Å². The number of rotatable bonds is 3. The van der Waals surface area contributed by atoms with Crippen LogP contribution >= 0.6 is 0 Å². The molecule has 1 saturated carbocycles.